The third kappa shape index (κ3) is 4.29. The Balaban J connectivity index is 1.77. The molecule has 0 aliphatic heterocycles. The van der Waals surface area contributed by atoms with Gasteiger partial charge in [0.05, 0.1) is 23.7 Å². The summed E-state index contributed by atoms with van der Waals surface area (Å²) >= 11 is 0. The zero-order valence-electron chi connectivity index (χ0n) is 17.9. The van der Waals surface area contributed by atoms with Crippen LogP contribution in [0.2, 0.25) is 0 Å². The maximum atomic E-state index is 13.0. The lowest BCUT2D eigenvalue weighted by atomic mass is 10.1. The highest BCUT2D eigenvalue weighted by Crippen LogP contribution is 2.33. The molecule has 0 aliphatic carbocycles. The number of aromatic nitrogens is 4. The molecule has 2 heterocycles. The van der Waals surface area contributed by atoms with Crippen molar-refractivity contribution < 1.29 is 27.8 Å². The fraction of sp³-hybridized carbons (Fsp3) is 0.318. The van der Waals surface area contributed by atoms with Crippen molar-refractivity contribution in [2.24, 2.45) is 7.05 Å². The van der Waals surface area contributed by atoms with Crippen LogP contribution in [0.1, 0.15) is 22.3 Å². The summed E-state index contributed by atoms with van der Waals surface area (Å²) in [6, 6.07) is 9.35. The van der Waals surface area contributed by atoms with Gasteiger partial charge in [0.15, 0.2) is 5.65 Å². The Labute approximate surface area is 186 Å². The molecule has 0 spiro atoms. The molecule has 174 valence electrons. The summed E-state index contributed by atoms with van der Waals surface area (Å²) < 4.78 is 47.3. The number of methoxy groups -OCH3 is 1. The van der Waals surface area contributed by atoms with E-state index in [0.29, 0.717) is 46.3 Å². The third-order valence-corrected chi connectivity index (χ3v) is 5.44. The SMILES string of the molecule is COCC[C@H](CO)NC(=O)c1ccc2c(c1)c1nnn(C)c1n2-c1ccc(C(F)(F)F)cc1. The van der Waals surface area contributed by atoms with Crippen LogP contribution in [0.25, 0.3) is 27.8 Å². The molecule has 0 fully saturated rings. The van der Waals surface area contributed by atoms with Crippen LogP contribution < -0.4 is 5.32 Å². The second-order valence-electron chi connectivity index (χ2n) is 7.63. The van der Waals surface area contributed by atoms with Gasteiger partial charge >= 0.3 is 6.18 Å². The number of nitrogens with one attached hydrogen (secondary N) is 1. The number of halogens is 3. The smallest absolute Gasteiger partial charge is 0.394 e. The number of aliphatic hydroxyl groups excluding tert-OH is 1. The minimum Gasteiger partial charge on any atom is -0.394 e. The molecule has 0 saturated heterocycles. The zero-order chi connectivity index (χ0) is 23.8. The van der Waals surface area contributed by atoms with Crippen molar-refractivity contribution in [3.8, 4) is 5.69 Å². The fourth-order valence-corrected chi connectivity index (χ4v) is 3.75. The Hall–Kier alpha value is -3.44. The predicted octanol–water partition coefficient (Wildman–Crippen LogP) is 3.06. The number of carbonyl (C=O) groups is 1. The fourth-order valence-electron chi connectivity index (χ4n) is 3.75. The summed E-state index contributed by atoms with van der Waals surface area (Å²) in [5, 5.41) is 21.1. The van der Waals surface area contributed by atoms with Gasteiger partial charge in [-0.1, -0.05) is 5.21 Å². The van der Waals surface area contributed by atoms with Gasteiger partial charge in [0, 0.05) is 37.4 Å². The molecule has 0 bridgehead atoms. The van der Waals surface area contributed by atoms with Gasteiger partial charge in [-0.05, 0) is 48.9 Å². The third-order valence-electron chi connectivity index (χ3n) is 5.44. The Morgan fingerprint density at radius 2 is 1.94 bits per heavy atom. The second kappa shape index (κ2) is 8.83. The lowest BCUT2D eigenvalue weighted by molar-refractivity contribution is -0.137. The van der Waals surface area contributed by atoms with Gasteiger partial charge in [-0.3, -0.25) is 9.36 Å². The monoisotopic (exact) mass is 461 g/mol. The first kappa shape index (κ1) is 22.7. The number of fused-ring (bicyclic) bond motifs is 3. The highest BCUT2D eigenvalue weighted by molar-refractivity contribution is 6.09. The van der Waals surface area contributed by atoms with Gasteiger partial charge in [-0.15, -0.1) is 5.10 Å². The Morgan fingerprint density at radius 1 is 1.21 bits per heavy atom. The number of carbonyl (C=O) groups excluding carboxylic acids is 1. The molecule has 1 atom stereocenters. The molecule has 0 saturated carbocycles. The van der Waals surface area contributed by atoms with Crippen molar-refractivity contribution in [3.05, 3.63) is 53.6 Å². The molecule has 2 aromatic heterocycles. The summed E-state index contributed by atoms with van der Waals surface area (Å²) in [4.78, 5) is 12.8. The molecule has 33 heavy (non-hydrogen) atoms. The van der Waals surface area contributed by atoms with Crippen molar-refractivity contribution in [2.75, 3.05) is 20.3 Å². The molecule has 4 rings (SSSR count). The van der Waals surface area contributed by atoms with Crippen LogP contribution in [0.5, 0.6) is 0 Å². The van der Waals surface area contributed by atoms with E-state index in [1.165, 1.54) is 23.9 Å². The number of alkyl halides is 3. The molecule has 0 aliphatic rings. The van der Waals surface area contributed by atoms with Gasteiger partial charge in [0.25, 0.3) is 5.91 Å². The van der Waals surface area contributed by atoms with E-state index in [-0.39, 0.29) is 12.5 Å². The minimum absolute atomic E-state index is 0.226. The Kier molecular flexibility index (Phi) is 6.09. The van der Waals surface area contributed by atoms with Crippen LogP contribution in [-0.2, 0) is 18.0 Å². The van der Waals surface area contributed by atoms with Crippen molar-refractivity contribution in [1.29, 1.82) is 0 Å². The Morgan fingerprint density at radius 3 is 2.58 bits per heavy atom. The van der Waals surface area contributed by atoms with Crippen molar-refractivity contribution in [2.45, 2.75) is 18.6 Å². The maximum Gasteiger partial charge on any atom is 0.416 e. The molecule has 8 nitrogen and oxygen atoms in total. The van der Waals surface area contributed by atoms with Gasteiger partial charge < -0.3 is 15.2 Å². The van der Waals surface area contributed by atoms with Crippen LogP contribution in [0.15, 0.2) is 42.5 Å². The van der Waals surface area contributed by atoms with E-state index in [9.17, 15) is 23.1 Å². The number of hydrogen-bond acceptors (Lipinski definition) is 5. The Bertz CT molecular complexity index is 1290. The van der Waals surface area contributed by atoms with Crippen molar-refractivity contribution >= 4 is 28.0 Å². The highest BCUT2D eigenvalue weighted by Gasteiger charge is 2.30. The lowest BCUT2D eigenvalue weighted by Crippen LogP contribution is -2.38. The summed E-state index contributed by atoms with van der Waals surface area (Å²) in [5.74, 6) is -0.369. The maximum absolute atomic E-state index is 13.0. The first-order valence-electron chi connectivity index (χ1n) is 10.2. The second-order valence-corrected chi connectivity index (χ2v) is 7.63. The van der Waals surface area contributed by atoms with Crippen LogP contribution in [-0.4, -0.2) is 56.9 Å². The van der Waals surface area contributed by atoms with Crippen LogP contribution in [0.3, 0.4) is 0 Å². The number of ether oxygens (including phenoxy) is 1. The average molecular weight is 461 g/mol. The number of amides is 1. The molecular weight excluding hydrogens is 439 g/mol. The van der Waals surface area contributed by atoms with Gasteiger partial charge in [0.2, 0.25) is 0 Å². The minimum atomic E-state index is -4.43. The van der Waals surface area contributed by atoms with E-state index in [4.69, 9.17) is 4.74 Å². The van der Waals surface area contributed by atoms with Crippen LogP contribution in [0, 0.1) is 0 Å². The van der Waals surface area contributed by atoms with E-state index >= 15 is 0 Å². The number of hydrogen-bond donors (Lipinski definition) is 2. The molecule has 0 radical (unpaired) electrons. The molecule has 0 unspecified atom stereocenters. The summed E-state index contributed by atoms with van der Waals surface area (Å²) in [6.07, 6.45) is -3.97. The summed E-state index contributed by atoms with van der Waals surface area (Å²) in [7, 11) is 3.22. The van der Waals surface area contributed by atoms with Crippen molar-refractivity contribution in [3.63, 3.8) is 0 Å². The molecule has 11 heteroatoms. The van der Waals surface area contributed by atoms with Crippen molar-refractivity contribution in [1.82, 2.24) is 24.9 Å². The van der Waals surface area contributed by atoms with E-state index in [1.54, 1.807) is 29.8 Å². The molecule has 4 aromatic rings. The van der Waals surface area contributed by atoms with E-state index in [0.717, 1.165) is 12.1 Å². The number of rotatable bonds is 7. The summed E-state index contributed by atoms with van der Waals surface area (Å²) in [6.45, 7) is 0.163. The van der Waals surface area contributed by atoms with E-state index in [2.05, 4.69) is 15.6 Å². The first-order chi connectivity index (χ1) is 15.7. The summed E-state index contributed by atoms with van der Waals surface area (Å²) in [5.41, 5.74) is 1.88. The number of aryl methyl sites for hydroxylation is 1. The standard InChI is InChI=1S/C22H22F3N5O3/c1-29-21-19(27-28-29)17-11-13(20(32)26-15(12-31)9-10-33-2)3-8-18(17)30(21)16-6-4-14(5-7-16)22(23,24)25/h3-8,11,15,31H,9-10,12H2,1-2H3,(H,26,32)/t15-/m1/s1. The topological polar surface area (TPSA) is 94.2 Å². The first-order valence-corrected chi connectivity index (χ1v) is 10.2. The normalized spacial score (nSPS) is 13.0. The van der Waals surface area contributed by atoms with E-state index in [1.807, 2.05) is 0 Å². The van der Waals surface area contributed by atoms with Crippen LogP contribution in [0.4, 0.5) is 13.2 Å². The average Bonchev–Trinajstić information content (AvgIpc) is 3.33. The van der Waals surface area contributed by atoms with Gasteiger partial charge in [-0.25, -0.2) is 4.68 Å². The van der Waals surface area contributed by atoms with Crippen LogP contribution >= 0.6 is 0 Å². The predicted molar refractivity (Wildman–Crippen MR) is 115 cm³/mol. The van der Waals surface area contributed by atoms with E-state index < -0.39 is 17.8 Å². The quantitative estimate of drug-likeness (QED) is 0.441. The molecule has 2 N–H and O–H groups in total. The number of nitrogens with zero attached hydrogens (tertiary/aromatic N) is 4. The molecule has 1 amide bonds. The largest absolute Gasteiger partial charge is 0.416 e. The lowest BCUT2D eigenvalue weighted by Gasteiger charge is -2.16. The number of benzene rings is 2. The molecule has 2 aromatic carbocycles. The highest BCUT2D eigenvalue weighted by atomic mass is 19.4. The van der Waals surface area contributed by atoms with Gasteiger partial charge in [0.1, 0.15) is 5.52 Å². The van der Waals surface area contributed by atoms with Gasteiger partial charge in [-0.2, -0.15) is 13.2 Å². The zero-order valence-corrected chi connectivity index (χ0v) is 17.9. The molecular formula is C22H22F3N5O3. The number of aliphatic hydroxyl groups is 1.